The Morgan fingerprint density at radius 2 is 2.20 bits per heavy atom. The maximum atomic E-state index is 5.92. The van der Waals surface area contributed by atoms with E-state index in [0.29, 0.717) is 6.04 Å². The Morgan fingerprint density at radius 3 is 2.87 bits per heavy atom. The minimum absolute atomic E-state index is 0.315. The lowest BCUT2D eigenvalue weighted by atomic mass is 10.2. The zero-order valence-corrected chi connectivity index (χ0v) is 9.98. The molecule has 0 bridgehead atoms. The van der Waals surface area contributed by atoms with E-state index in [4.69, 9.17) is 11.6 Å². The predicted octanol–water partition coefficient (Wildman–Crippen LogP) is 4.57. The van der Waals surface area contributed by atoms with Crippen LogP contribution in [0, 0.1) is 0 Å². The average Bonchev–Trinajstić information content (AvgIpc) is 2.70. The standard InChI is InChI=1S/C12H12ClNS/c1-9(10-5-6-15-8-10)14-12-4-2-3-11(13)7-12/h2-9,14H,1H3. The zero-order chi connectivity index (χ0) is 10.7. The van der Waals surface area contributed by atoms with Crippen LogP contribution in [0.25, 0.3) is 0 Å². The molecule has 0 saturated heterocycles. The topological polar surface area (TPSA) is 12.0 Å². The van der Waals surface area contributed by atoms with Gasteiger partial charge in [-0.1, -0.05) is 17.7 Å². The van der Waals surface area contributed by atoms with E-state index in [2.05, 4.69) is 29.1 Å². The van der Waals surface area contributed by atoms with Crippen molar-refractivity contribution in [3.05, 3.63) is 51.7 Å². The Hall–Kier alpha value is -0.990. The van der Waals surface area contributed by atoms with Crippen LogP contribution in [0.1, 0.15) is 18.5 Å². The van der Waals surface area contributed by atoms with Gasteiger partial charge in [0.05, 0.1) is 0 Å². The van der Waals surface area contributed by atoms with E-state index in [1.54, 1.807) is 11.3 Å². The molecule has 1 nitrogen and oxygen atoms in total. The first-order valence-electron chi connectivity index (χ1n) is 4.80. The lowest BCUT2D eigenvalue weighted by Crippen LogP contribution is -2.04. The smallest absolute Gasteiger partial charge is 0.0493 e. The van der Waals surface area contributed by atoms with Crippen molar-refractivity contribution >= 4 is 28.6 Å². The third kappa shape index (κ3) is 2.74. The van der Waals surface area contributed by atoms with Gasteiger partial charge in [-0.2, -0.15) is 11.3 Å². The van der Waals surface area contributed by atoms with Gasteiger partial charge in [0, 0.05) is 16.8 Å². The van der Waals surface area contributed by atoms with Gasteiger partial charge in [-0.15, -0.1) is 0 Å². The molecule has 0 aliphatic carbocycles. The number of halogens is 1. The van der Waals surface area contributed by atoms with Crippen LogP contribution < -0.4 is 5.32 Å². The van der Waals surface area contributed by atoms with Crippen LogP contribution in [-0.4, -0.2) is 0 Å². The highest BCUT2D eigenvalue weighted by Crippen LogP contribution is 2.22. The van der Waals surface area contributed by atoms with Crippen molar-refractivity contribution in [2.24, 2.45) is 0 Å². The molecular weight excluding hydrogens is 226 g/mol. The van der Waals surface area contributed by atoms with Crippen molar-refractivity contribution in [2.45, 2.75) is 13.0 Å². The summed E-state index contributed by atoms with van der Waals surface area (Å²) < 4.78 is 0. The van der Waals surface area contributed by atoms with E-state index >= 15 is 0 Å². The summed E-state index contributed by atoms with van der Waals surface area (Å²) in [6, 6.07) is 10.2. The predicted molar refractivity (Wildman–Crippen MR) is 67.8 cm³/mol. The summed E-state index contributed by atoms with van der Waals surface area (Å²) in [6.45, 7) is 2.14. The SMILES string of the molecule is CC(Nc1cccc(Cl)c1)c1ccsc1. The van der Waals surface area contributed by atoms with E-state index < -0.39 is 0 Å². The van der Waals surface area contributed by atoms with Gasteiger partial charge in [0.2, 0.25) is 0 Å². The second kappa shape index (κ2) is 4.69. The minimum Gasteiger partial charge on any atom is -0.378 e. The third-order valence-electron chi connectivity index (χ3n) is 2.25. The molecule has 15 heavy (non-hydrogen) atoms. The molecule has 0 radical (unpaired) electrons. The summed E-state index contributed by atoms with van der Waals surface area (Å²) >= 11 is 7.63. The molecule has 2 rings (SSSR count). The van der Waals surface area contributed by atoms with E-state index in [1.807, 2.05) is 24.3 Å². The Labute approximate surface area is 98.7 Å². The number of nitrogens with one attached hydrogen (secondary N) is 1. The van der Waals surface area contributed by atoms with E-state index in [-0.39, 0.29) is 0 Å². The quantitative estimate of drug-likeness (QED) is 0.824. The minimum atomic E-state index is 0.315. The van der Waals surface area contributed by atoms with Crippen LogP contribution in [-0.2, 0) is 0 Å². The fraction of sp³-hybridized carbons (Fsp3) is 0.167. The Kier molecular flexibility index (Phi) is 3.29. The fourth-order valence-electron chi connectivity index (χ4n) is 1.43. The maximum Gasteiger partial charge on any atom is 0.0493 e. The molecule has 0 saturated carbocycles. The molecule has 0 aliphatic heterocycles. The molecule has 0 spiro atoms. The first-order chi connectivity index (χ1) is 7.25. The van der Waals surface area contributed by atoms with Crippen molar-refractivity contribution in [2.75, 3.05) is 5.32 Å². The molecule has 1 aromatic heterocycles. The normalized spacial score (nSPS) is 12.4. The summed E-state index contributed by atoms with van der Waals surface area (Å²) in [5, 5.41) is 8.41. The lowest BCUT2D eigenvalue weighted by Gasteiger charge is -2.14. The molecule has 0 fully saturated rings. The molecule has 1 atom stereocenters. The molecule has 1 heterocycles. The van der Waals surface area contributed by atoms with E-state index in [1.165, 1.54) is 5.56 Å². The van der Waals surface area contributed by atoms with Gasteiger partial charge >= 0.3 is 0 Å². The number of hydrogen-bond donors (Lipinski definition) is 1. The Balaban J connectivity index is 2.09. The van der Waals surface area contributed by atoms with Gasteiger partial charge in [0.25, 0.3) is 0 Å². The highest BCUT2D eigenvalue weighted by atomic mass is 35.5. The first kappa shape index (κ1) is 10.5. The van der Waals surface area contributed by atoms with Gasteiger partial charge in [-0.25, -0.2) is 0 Å². The molecule has 1 unspecified atom stereocenters. The molecule has 0 amide bonds. The molecule has 0 aliphatic rings. The van der Waals surface area contributed by atoms with Gasteiger partial charge in [0.15, 0.2) is 0 Å². The fourth-order valence-corrected chi connectivity index (χ4v) is 2.38. The second-order valence-electron chi connectivity index (χ2n) is 3.43. The largest absolute Gasteiger partial charge is 0.378 e. The molecule has 1 aromatic carbocycles. The van der Waals surface area contributed by atoms with Crippen LogP contribution in [0.4, 0.5) is 5.69 Å². The van der Waals surface area contributed by atoms with Crippen LogP contribution in [0.15, 0.2) is 41.1 Å². The summed E-state index contributed by atoms with van der Waals surface area (Å²) in [6.07, 6.45) is 0. The van der Waals surface area contributed by atoms with Crippen molar-refractivity contribution in [3.8, 4) is 0 Å². The summed E-state index contributed by atoms with van der Waals surface area (Å²) in [7, 11) is 0. The van der Waals surface area contributed by atoms with Gasteiger partial charge in [-0.05, 0) is 47.5 Å². The van der Waals surface area contributed by atoms with Gasteiger partial charge < -0.3 is 5.32 Å². The van der Waals surface area contributed by atoms with E-state index in [0.717, 1.165) is 10.7 Å². The highest BCUT2D eigenvalue weighted by molar-refractivity contribution is 7.07. The number of anilines is 1. The van der Waals surface area contributed by atoms with Gasteiger partial charge in [-0.3, -0.25) is 0 Å². The van der Waals surface area contributed by atoms with Crippen LogP contribution in [0.2, 0.25) is 5.02 Å². The van der Waals surface area contributed by atoms with Crippen molar-refractivity contribution in [1.82, 2.24) is 0 Å². The van der Waals surface area contributed by atoms with E-state index in [9.17, 15) is 0 Å². The monoisotopic (exact) mass is 237 g/mol. The maximum absolute atomic E-state index is 5.92. The van der Waals surface area contributed by atoms with Crippen LogP contribution in [0.3, 0.4) is 0 Å². The molecule has 2 aromatic rings. The average molecular weight is 238 g/mol. The summed E-state index contributed by atoms with van der Waals surface area (Å²) in [5.41, 5.74) is 2.36. The second-order valence-corrected chi connectivity index (χ2v) is 4.65. The van der Waals surface area contributed by atoms with Gasteiger partial charge in [0.1, 0.15) is 0 Å². The van der Waals surface area contributed by atoms with Crippen molar-refractivity contribution < 1.29 is 0 Å². The Morgan fingerprint density at radius 1 is 1.33 bits per heavy atom. The highest BCUT2D eigenvalue weighted by Gasteiger charge is 2.05. The molecular formula is C12H12ClNS. The zero-order valence-electron chi connectivity index (χ0n) is 8.41. The van der Waals surface area contributed by atoms with Crippen molar-refractivity contribution in [1.29, 1.82) is 0 Å². The summed E-state index contributed by atoms with van der Waals surface area (Å²) in [4.78, 5) is 0. The molecule has 78 valence electrons. The number of thiophene rings is 1. The molecule has 3 heteroatoms. The van der Waals surface area contributed by atoms with Crippen molar-refractivity contribution in [3.63, 3.8) is 0 Å². The number of rotatable bonds is 3. The molecule has 1 N–H and O–H groups in total. The summed E-state index contributed by atoms with van der Waals surface area (Å²) in [5.74, 6) is 0. The van der Waals surface area contributed by atoms with Crippen LogP contribution in [0.5, 0.6) is 0 Å². The first-order valence-corrected chi connectivity index (χ1v) is 6.12. The van der Waals surface area contributed by atoms with Crippen LogP contribution >= 0.6 is 22.9 Å². The Bertz CT molecular complexity index is 425. The number of hydrogen-bond acceptors (Lipinski definition) is 2. The third-order valence-corrected chi connectivity index (χ3v) is 3.19. The number of benzene rings is 1. The lowest BCUT2D eigenvalue weighted by molar-refractivity contribution is 0.891.